The number of hydrogen-bond donors (Lipinski definition) is 0. The van der Waals surface area contributed by atoms with E-state index < -0.39 is 0 Å². The summed E-state index contributed by atoms with van der Waals surface area (Å²) in [5.74, 6) is 1.14. The minimum absolute atomic E-state index is 0.819. The smallest absolute Gasteiger partial charge is 0.108 e. The summed E-state index contributed by atoms with van der Waals surface area (Å²) in [4.78, 5) is 4.41. The maximum atomic E-state index is 4.52. The molecule has 0 saturated heterocycles. The Bertz CT molecular complexity index is 527. The molecule has 0 aliphatic carbocycles. The average molecular weight is 311 g/mol. The van der Waals surface area contributed by atoms with E-state index in [0.29, 0.717) is 0 Å². The van der Waals surface area contributed by atoms with Gasteiger partial charge in [0.05, 0.1) is 22.4 Å². The van der Waals surface area contributed by atoms with Gasteiger partial charge in [-0.2, -0.15) is 5.10 Å². The highest BCUT2D eigenvalue weighted by Gasteiger charge is 2.13. The van der Waals surface area contributed by atoms with Crippen molar-refractivity contribution in [1.29, 1.82) is 0 Å². The molecule has 0 bridgehead atoms. The number of rotatable bonds is 5. The maximum absolute atomic E-state index is 4.52. The molecule has 5 heteroatoms. The molecule has 2 rings (SSSR count). The summed E-state index contributed by atoms with van der Waals surface area (Å²) in [7, 11) is 2.00. The summed E-state index contributed by atoms with van der Waals surface area (Å²) in [5.41, 5.74) is 2.31. The Labute approximate surface area is 116 Å². The van der Waals surface area contributed by atoms with Crippen molar-refractivity contribution in [2.45, 2.75) is 39.7 Å². The second-order valence-corrected chi connectivity index (χ2v) is 5.20. The summed E-state index contributed by atoms with van der Waals surface area (Å²) >= 11 is 3.65. The fourth-order valence-electron chi connectivity index (χ4n) is 2.09. The predicted octanol–water partition coefficient (Wildman–Crippen LogP) is 2.94. The first-order valence-electron chi connectivity index (χ1n) is 6.37. The van der Waals surface area contributed by atoms with Crippen LogP contribution in [-0.4, -0.2) is 19.3 Å². The molecule has 0 atom stereocenters. The van der Waals surface area contributed by atoms with Crippen molar-refractivity contribution < 1.29 is 0 Å². The highest BCUT2D eigenvalue weighted by atomic mass is 79.9. The third-order valence-electron chi connectivity index (χ3n) is 3.10. The molecular weight excluding hydrogens is 292 g/mol. The molecule has 0 aromatic carbocycles. The first-order valence-corrected chi connectivity index (χ1v) is 7.16. The lowest BCUT2D eigenvalue weighted by Gasteiger charge is -2.08. The van der Waals surface area contributed by atoms with Crippen molar-refractivity contribution in [3.05, 3.63) is 34.1 Å². The monoisotopic (exact) mass is 310 g/mol. The van der Waals surface area contributed by atoms with Gasteiger partial charge in [-0.3, -0.25) is 4.68 Å². The van der Waals surface area contributed by atoms with Crippen molar-refractivity contribution in [3.63, 3.8) is 0 Å². The average Bonchev–Trinajstić information content (AvgIpc) is 2.89. The van der Waals surface area contributed by atoms with Crippen LogP contribution < -0.4 is 0 Å². The standard InChI is InChI=1S/C13H19BrN4/c1-4-6-12-15-7-8-18(12)9-11-13(14)10(5-2)16-17(11)3/h7-8H,4-6,9H2,1-3H3. The molecule has 0 radical (unpaired) electrons. The van der Waals surface area contributed by atoms with Crippen LogP contribution in [0, 0.1) is 0 Å². The Balaban J connectivity index is 2.28. The van der Waals surface area contributed by atoms with E-state index in [1.807, 2.05) is 24.1 Å². The highest BCUT2D eigenvalue weighted by molar-refractivity contribution is 9.10. The topological polar surface area (TPSA) is 35.6 Å². The van der Waals surface area contributed by atoms with Crippen LogP contribution in [0.2, 0.25) is 0 Å². The van der Waals surface area contributed by atoms with Crippen LogP contribution in [0.5, 0.6) is 0 Å². The fraction of sp³-hybridized carbons (Fsp3) is 0.538. The molecule has 18 heavy (non-hydrogen) atoms. The molecule has 0 aliphatic heterocycles. The number of halogens is 1. The molecule has 0 saturated carbocycles. The Morgan fingerprint density at radius 2 is 2.11 bits per heavy atom. The molecule has 0 amide bonds. The van der Waals surface area contributed by atoms with Crippen LogP contribution >= 0.6 is 15.9 Å². The summed E-state index contributed by atoms with van der Waals surface area (Å²) in [5, 5.41) is 4.52. The molecule has 0 fully saturated rings. The Morgan fingerprint density at radius 1 is 1.33 bits per heavy atom. The zero-order valence-electron chi connectivity index (χ0n) is 11.1. The second kappa shape index (κ2) is 5.69. The second-order valence-electron chi connectivity index (χ2n) is 4.41. The van der Waals surface area contributed by atoms with E-state index in [4.69, 9.17) is 0 Å². The lowest BCUT2D eigenvalue weighted by atomic mass is 10.3. The molecule has 2 heterocycles. The normalized spacial score (nSPS) is 11.1. The molecule has 0 spiro atoms. The van der Waals surface area contributed by atoms with Crippen molar-refractivity contribution in [2.24, 2.45) is 7.05 Å². The van der Waals surface area contributed by atoms with E-state index in [-0.39, 0.29) is 0 Å². The number of aryl methyl sites for hydroxylation is 3. The molecular formula is C13H19BrN4. The summed E-state index contributed by atoms with van der Waals surface area (Å²) in [6.45, 7) is 5.12. The first kappa shape index (κ1) is 13.3. The molecule has 98 valence electrons. The largest absolute Gasteiger partial charge is 0.329 e. The van der Waals surface area contributed by atoms with E-state index in [0.717, 1.165) is 41.8 Å². The Kier molecular flexibility index (Phi) is 4.22. The van der Waals surface area contributed by atoms with E-state index in [1.165, 1.54) is 5.69 Å². The maximum Gasteiger partial charge on any atom is 0.108 e. The van der Waals surface area contributed by atoms with Crippen molar-refractivity contribution in [1.82, 2.24) is 19.3 Å². The van der Waals surface area contributed by atoms with Gasteiger partial charge in [0.15, 0.2) is 0 Å². The number of imidazole rings is 1. The van der Waals surface area contributed by atoms with Crippen LogP contribution in [0.4, 0.5) is 0 Å². The molecule has 2 aromatic rings. The van der Waals surface area contributed by atoms with Crippen LogP contribution in [0.1, 0.15) is 37.5 Å². The van der Waals surface area contributed by atoms with Crippen LogP contribution in [0.25, 0.3) is 0 Å². The Morgan fingerprint density at radius 3 is 2.72 bits per heavy atom. The molecule has 0 N–H and O–H groups in total. The van der Waals surface area contributed by atoms with Gasteiger partial charge in [-0.25, -0.2) is 4.98 Å². The van der Waals surface area contributed by atoms with Gasteiger partial charge >= 0.3 is 0 Å². The minimum Gasteiger partial charge on any atom is -0.329 e. The van der Waals surface area contributed by atoms with E-state index >= 15 is 0 Å². The van der Waals surface area contributed by atoms with Crippen molar-refractivity contribution >= 4 is 15.9 Å². The summed E-state index contributed by atoms with van der Waals surface area (Å²) < 4.78 is 5.28. The number of nitrogens with zero attached hydrogens (tertiary/aromatic N) is 4. The van der Waals surface area contributed by atoms with Crippen molar-refractivity contribution in [3.8, 4) is 0 Å². The van der Waals surface area contributed by atoms with Gasteiger partial charge in [0, 0.05) is 25.9 Å². The SMILES string of the molecule is CCCc1nccn1Cc1c(Br)c(CC)nn1C. The molecule has 0 unspecified atom stereocenters. The lowest BCUT2D eigenvalue weighted by Crippen LogP contribution is -2.08. The van der Waals surface area contributed by atoms with Gasteiger partial charge in [-0.15, -0.1) is 0 Å². The van der Waals surface area contributed by atoms with E-state index in [9.17, 15) is 0 Å². The van der Waals surface area contributed by atoms with Gasteiger partial charge in [0.2, 0.25) is 0 Å². The van der Waals surface area contributed by atoms with Gasteiger partial charge in [-0.05, 0) is 28.8 Å². The summed E-state index contributed by atoms with van der Waals surface area (Å²) in [6, 6.07) is 0. The Hall–Kier alpha value is -1.10. The third kappa shape index (κ3) is 2.51. The first-order chi connectivity index (χ1) is 8.67. The fourth-order valence-corrected chi connectivity index (χ4v) is 2.83. The quantitative estimate of drug-likeness (QED) is 0.851. The number of aromatic nitrogens is 4. The van der Waals surface area contributed by atoms with Gasteiger partial charge in [0.25, 0.3) is 0 Å². The van der Waals surface area contributed by atoms with Gasteiger partial charge < -0.3 is 4.57 Å². The van der Waals surface area contributed by atoms with Crippen LogP contribution in [0.3, 0.4) is 0 Å². The highest BCUT2D eigenvalue weighted by Crippen LogP contribution is 2.22. The number of hydrogen-bond acceptors (Lipinski definition) is 2. The molecule has 0 aliphatic rings. The van der Waals surface area contributed by atoms with Crippen molar-refractivity contribution in [2.75, 3.05) is 0 Å². The van der Waals surface area contributed by atoms with Gasteiger partial charge in [0.1, 0.15) is 5.82 Å². The third-order valence-corrected chi connectivity index (χ3v) is 4.01. The molecule has 4 nitrogen and oxygen atoms in total. The van der Waals surface area contributed by atoms with Gasteiger partial charge in [-0.1, -0.05) is 13.8 Å². The van der Waals surface area contributed by atoms with Crippen LogP contribution in [0.15, 0.2) is 16.9 Å². The minimum atomic E-state index is 0.819. The zero-order chi connectivity index (χ0) is 13.1. The molecule has 2 aromatic heterocycles. The predicted molar refractivity (Wildman–Crippen MR) is 75.6 cm³/mol. The lowest BCUT2D eigenvalue weighted by molar-refractivity contribution is 0.634. The van der Waals surface area contributed by atoms with E-state index in [2.05, 4.69) is 44.4 Å². The zero-order valence-corrected chi connectivity index (χ0v) is 12.7. The van der Waals surface area contributed by atoms with Crippen LogP contribution in [-0.2, 0) is 26.4 Å². The summed E-state index contributed by atoms with van der Waals surface area (Å²) in [6.07, 6.45) is 6.99. The van der Waals surface area contributed by atoms with E-state index in [1.54, 1.807) is 0 Å².